The standard InChI is InChI=1S/C11H20N2O/c1-8(2)7-13-10(11(3,4)5)9(14)6-12-13/h6,8,14H,7H2,1-5H3. The molecule has 0 aliphatic heterocycles. The highest BCUT2D eigenvalue weighted by molar-refractivity contribution is 5.29. The molecule has 0 bridgehead atoms. The molecule has 1 N–H and O–H groups in total. The third-order valence-corrected chi connectivity index (χ3v) is 2.07. The summed E-state index contributed by atoms with van der Waals surface area (Å²) in [6.07, 6.45) is 1.53. The summed E-state index contributed by atoms with van der Waals surface area (Å²) in [6, 6.07) is 0. The van der Waals surface area contributed by atoms with Gasteiger partial charge in [0.15, 0.2) is 5.75 Å². The fraction of sp³-hybridized carbons (Fsp3) is 0.727. The number of nitrogens with zero attached hydrogens (tertiary/aromatic N) is 2. The molecule has 1 rings (SSSR count). The van der Waals surface area contributed by atoms with E-state index >= 15 is 0 Å². The van der Waals surface area contributed by atoms with Gasteiger partial charge in [0, 0.05) is 12.0 Å². The van der Waals surface area contributed by atoms with Crippen LogP contribution in [0.3, 0.4) is 0 Å². The van der Waals surface area contributed by atoms with Crippen LogP contribution in [0.2, 0.25) is 0 Å². The van der Waals surface area contributed by atoms with Crippen molar-refractivity contribution < 1.29 is 5.11 Å². The fourth-order valence-corrected chi connectivity index (χ4v) is 1.63. The highest BCUT2D eigenvalue weighted by Gasteiger charge is 2.23. The molecule has 0 atom stereocenters. The Morgan fingerprint density at radius 1 is 1.43 bits per heavy atom. The van der Waals surface area contributed by atoms with Crippen LogP contribution in [-0.2, 0) is 12.0 Å². The van der Waals surface area contributed by atoms with E-state index in [1.807, 2.05) is 4.68 Å². The van der Waals surface area contributed by atoms with Crippen molar-refractivity contribution in [1.29, 1.82) is 0 Å². The first-order valence-electron chi connectivity index (χ1n) is 5.07. The van der Waals surface area contributed by atoms with E-state index in [1.165, 1.54) is 6.20 Å². The molecular weight excluding hydrogens is 176 g/mol. The minimum atomic E-state index is -0.0600. The van der Waals surface area contributed by atoms with Crippen molar-refractivity contribution in [2.45, 2.75) is 46.6 Å². The predicted molar refractivity (Wildman–Crippen MR) is 57.4 cm³/mol. The molecule has 0 saturated carbocycles. The minimum Gasteiger partial charge on any atom is -0.504 e. The van der Waals surface area contributed by atoms with Crippen LogP contribution in [0.1, 0.15) is 40.3 Å². The molecule has 3 nitrogen and oxygen atoms in total. The van der Waals surface area contributed by atoms with Gasteiger partial charge >= 0.3 is 0 Å². The van der Waals surface area contributed by atoms with Crippen LogP contribution in [0.15, 0.2) is 6.20 Å². The molecule has 0 spiro atoms. The van der Waals surface area contributed by atoms with Crippen LogP contribution in [0.5, 0.6) is 5.75 Å². The van der Waals surface area contributed by atoms with Gasteiger partial charge in [0.2, 0.25) is 0 Å². The summed E-state index contributed by atoms with van der Waals surface area (Å²) >= 11 is 0. The monoisotopic (exact) mass is 196 g/mol. The molecule has 0 fully saturated rings. The summed E-state index contributed by atoms with van der Waals surface area (Å²) in [7, 11) is 0. The van der Waals surface area contributed by atoms with Gasteiger partial charge in [-0.1, -0.05) is 34.6 Å². The van der Waals surface area contributed by atoms with Crippen molar-refractivity contribution in [2.75, 3.05) is 0 Å². The lowest BCUT2D eigenvalue weighted by Gasteiger charge is -2.21. The average Bonchev–Trinajstić information content (AvgIpc) is 2.28. The van der Waals surface area contributed by atoms with Crippen molar-refractivity contribution in [3.8, 4) is 5.75 Å². The molecule has 0 saturated heterocycles. The maximum atomic E-state index is 9.70. The highest BCUT2D eigenvalue weighted by atomic mass is 16.3. The zero-order chi connectivity index (χ0) is 10.9. The Balaban J connectivity index is 3.07. The van der Waals surface area contributed by atoms with E-state index in [-0.39, 0.29) is 5.41 Å². The first kappa shape index (κ1) is 11.1. The van der Waals surface area contributed by atoms with Crippen molar-refractivity contribution >= 4 is 0 Å². The minimum absolute atomic E-state index is 0.0600. The second kappa shape index (κ2) is 3.64. The maximum Gasteiger partial charge on any atom is 0.157 e. The first-order valence-corrected chi connectivity index (χ1v) is 5.07. The Labute approximate surface area is 85.8 Å². The van der Waals surface area contributed by atoms with Gasteiger partial charge in [-0.2, -0.15) is 5.10 Å². The third kappa shape index (κ3) is 2.28. The molecule has 0 radical (unpaired) electrons. The summed E-state index contributed by atoms with van der Waals surface area (Å²) in [4.78, 5) is 0. The molecule has 1 heterocycles. The molecule has 1 aromatic rings. The van der Waals surface area contributed by atoms with Crippen molar-refractivity contribution in [2.24, 2.45) is 5.92 Å². The second-order valence-corrected chi connectivity index (χ2v) is 5.20. The summed E-state index contributed by atoms with van der Waals surface area (Å²) < 4.78 is 1.90. The van der Waals surface area contributed by atoms with Crippen LogP contribution in [-0.4, -0.2) is 14.9 Å². The molecule has 0 aromatic carbocycles. The van der Waals surface area contributed by atoms with Gasteiger partial charge in [-0.05, 0) is 5.92 Å². The van der Waals surface area contributed by atoms with Crippen LogP contribution in [0, 0.1) is 5.92 Å². The van der Waals surface area contributed by atoms with E-state index < -0.39 is 0 Å². The average molecular weight is 196 g/mol. The summed E-state index contributed by atoms with van der Waals surface area (Å²) in [5.74, 6) is 0.841. The van der Waals surface area contributed by atoms with Crippen molar-refractivity contribution in [3.05, 3.63) is 11.9 Å². The number of hydrogen-bond acceptors (Lipinski definition) is 2. The topological polar surface area (TPSA) is 38.0 Å². The number of aromatic hydroxyl groups is 1. The van der Waals surface area contributed by atoms with Crippen LogP contribution >= 0.6 is 0 Å². The molecule has 0 amide bonds. The van der Waals surface area contributed by atoms with Gasteiger partial charge in [-0.3, -0.25) is 4.68 Å². The van der Waals surface area contributed by atoms with Gasteiger partial charge in [-0.25, -0.2) is 0 Å². The SMILES string of the molecule is CC(C)Cn1ncc(O)c1C(C)(C)C. The van der Waals surface area contributed by atoms with E-state index in [9.17, 15) is 5.11 Å². The Bertz CT molecular complexity index is 308. The zero-order valence-electron chi connectivity index (χ0n) is 9.70. The lowest BCUT2D eigenvalue weighted by molar-refractivity contribution is 0.401. The summed E-state index contributed by atoms with van der Waals surface area (Å²) in [5, 5.41) is 13.9. The molecule has 14 heavy (non-hydrogen) atoms. The Morgan fingerprint density at radius 3 is 2.43 bits per heavy atom. The normalized spacial score (nSPS) is 12.4. The molecule has 0 unspecified atom stereocenters. The number of aromatic nitrogens is 2. The first-order chi connectivity index (χ1) is 6.32. The Kier molecular flexibility index (Phi) is 2.88. The molecule has 80 valence electrons. The van der Waals surface area contributed by atoms with E-state index in [4.69, 9.17) is 0 Å². The van der Waals surface area contributed by atoms with Gasteiger partial charge in [0.05, 0.1) is 11.9 Å². The Hall–Kier alpha value is -0.990. The predicted octanol–water partition coefficient (Wildman–Crippen LogP) is 2.54. The second-order valence-electron chi connectivity index (χ2n) is 5.20. The third-order valence-electron chi connectivity index (χ3n) is 2.07. The van der Waals surface area contributed by atoms with E-state index in [1.54, 1.807) is 0 Å². The zero-order valence-corrected chi connectivity index (χ0v) is 9.70. The van der Waals surface area contributed by atoms with E-state index in [2.05, 4.69) is 39.7 Å². The summed E-state index contributed by atoms with van der Waals surface area (Å²) in [5.41, 5.74) is 0.862. The van der Waals surface area contributed by atoms with Crippen LogP contribution in [0.4, 0.5) is 0 Å². The lowest BCUT2D eigenvalue weighted by Crippen LogP contribution is -2.20. The number of rotatable bonds is 2. The largest absolute Gasteiger partial charge is 0.504 e. The quantitative estimate of drug-likeness (QED) is 0.789. The Morgan fingerprint density at radius 2 is 2.00 bits per heavy atom. The smallest absolute Gasteiger partial charge is 0.157 e. The molecule has 1 aromatic heterocycles. The molecule has 0 aliphatic rings. The van der Waals surface area contributed by atoms with Crippen LogP contribution < -0.4 is 0 Å². The molecule has 0 aliphatic carbocycles. The number of hydrogen-bond donors (Lipinski definition) is 1. The van der Waals surface area contributed by atoms with Crippen molar-refractivity contribution in [3.63, 3.8) is 0 Å². The maximum absolute atomic E-state index is 9.70. The lowest BCUT2D eigenvalue weighted by atomic mass is 9.91. The highest BCUT2D eigenvalue weighted by Crippen LogP contribution is 2.30. The van der Waals surface area contributed by atoms with Gasteiger partial charge in [0.1, 0.15) is 0 Å². The van der Waals surface area contributed by atoms with Gasteiger partial charge < -0.3 is 5.11 Å². The summed E-state index contributed by atoms with van der Waals surface area (Å²) in [6.45, 7) is 11.4. The van der Waals surface area contributed by atoms with Crippen LogP contribution in [0.25, 0.3) is 0 Å². The van der Waals surface area contributed by atoms with Gasteiger partial charge in [-0.15, -0.1) is 0 Å². The van der Waals surface area contributed by atoms with Gasteiger partial charge in [0.25, 0.3) is 0 Å². The van der Waals surface area contributed by atoms with E-state index in [0.717, 1.165) is 12.2 Å². The molecule has 3 heteroatoms. The van der Waals surface area contributed by atoms with E-state index in [0.29, 0.717) is 11.7 Å². The molecular formula is C11H20N2O. The fourth-order valence-electron chi connectivity index (χ4n) is 1.63. The van der Waals surface area contributed by atoms with Crippen molar-refractivity contribution in [1.82, 2.24) is 9.78 Å².